The summed E-state index contributed by atoms with van der Waals surface area (Å²) in [5.74, 6) is 1.95. The Morgan fingerprint density at radius 3 is 3.05 bits per heavy atom. The maximum atomic E-state index is 5.75. The highest BCUT2D eigenvalue weighted by atomic mass is 16.5. The van der Waals surface area contributed by atoms with E-state index in [4.69, 9.17) is 10.3 Å². The minimum Gasteiger partial charge on any atom is -0.339 e. The molecule has 0 spiro atoms. The second kappa shape index (κ2) is 5.75. The van der Waals surface area contributed by atoms with Crippen LogP contribution >= 0.6 is 0 Å². The normalized spacial score (nSPS) is 19.6. The van der Waals surface area contributed by atoms with Crippen LogP contribution in [-0.2, 0) is 6.42 Å². The number of hydrogen-bond donors (Lipinski definition) is 1. The van der Waals surface area contributed by atoms with Gasteiger partial charge in [-0.2, -0.15) is 4.98 Å². The minimum absolute atomic E-state index is 0.176. The zero-order chi connectivity index (χ0) is 13.9. The third-order valence-corrected chi connectivity index (χ3v) is 4.27. The molecule has 3 rings (SSSR count). The number of aromatic nitrogens is 2. The first-order valence-corrected chi connectivity index (χ1v) is 7.44. The molecule has 0 saturated heterocycles. The third-order valence-electron chi connectivity index (χ3n) is 4.27. The lowest BCUT2D eigenvalue weighted by Gasteiger charge is -2.22. The van der Waals surface area contributed by atoms with Crippen LogP contribution in [0, 0.1) is 0 Å². The smallest absolute Gasteiger partial charge is 0.231 e. The molecule has 0 radical (unpaired) electrons. The largest absolute Gasteiger partial charge is 0.339 e. The summed E-state index contributed by atoms with van der Waals surface area (Å²) >= 11 is 0. The van der Waals surface area contributed by atoms with E-state index in [1.54, 1.807) is 0 Å². The first-order valence-electron chi connectivity index (χ1n) is 7.44. The summed E-state index contributed by atoms with van der Waals surface area (Å²) in [5.41, 5.74) is 8.52. The van der Waals surface area contributed by atoms with Crippen molar-refractivity contribution in [3.63, 3.8) is 0 Å². The van der Waals surface area contributed by atoms with Crippen molar-refractivity contribution in [2.75, 3.05) is 6.54 Å². The summed E-state index contributed by atoms with van der Waals surface area (Å²) in [6.07, 6.45) is 4.35. The molecule has 2 atom stereocenters. The van der Waals surface area contributed by atoms with E-state index >= 15 is 0 Å². The van der Waals surface area contributed by atoms with E-state index in [0.29, 0.717) is 12.4 Å². The van der Waals surface area contributed by atoms with Gasteiger partial charge in [0.1, 0.15) is 0 Å². The fourth-order valence-electron chi connectivity index (χ4n) is 3.02. The van der Waals surface area contributed by atoms with E-state index in [9.17, 15) is 0 Å². The van der Waals surface area contributed by atoms with Gasteiger partial charge < -0.3 is 10.3 Å². The topological polar surface area (TPSA) is 64.9 Å². The Hall–Kier alpha value is -1.68. The number of fused-ring (bicyclic) bond motifs is 1. The number of hydrogen-bond acceptors (Lipinski definition) is 4. The van der Waals surface area contributed by atoms with Gasteiger partial charge in [-0.25, -0.2) is 0 Å². The predicted octanol–water partition coefficient (Wildman–Crippen LogP) is 2.99. The van der Waals surface area contributed by atoms with E-state index in [2.05, 4.69) is 41.3 Å². The van der Waals surface area contributed by atoms with Gasteiger partial charge in [0, 0.05) is 12.5 Å². The molecule has 2 N–H and O–H groups in total. The Balaban J connectivity index is 1.91. The molecule has 0 saturated carbocycles. The maximum absolute atomic E-state index is 5.75. The van der Waals surface area contributed by atoms with Gasteiger partial charge in [-0.1, -0.05) is 36.3 Å². The molecule has 106 valence electrons. The Morgan fingerprint density at radius 1 is 1.40 bits per heavy atom. The average Bonchev–Trinajstić information content (AvgIpc) is 2.97. The third kappa shape index (κ3) is 2.36. The van der Waals surface area contributed by atoms with Gasteiger partial charge in [0.25, 0.3) is 0 Å². The highest BCUT2D eigenvalue weighted by molar-refractivity contribution is 5.36. The average molecular weight is 271 g/mol. The van der Waals surface area contributed by atoms with Gasteiger partial charge in [0.15, 0.2) is 5.82 Å². The van der Waals surface area contributed by atoms with Crippen molar-refractivity contribution in [2.45, 2.75) is 44.4 Å². The zero-order valence-corrected chi connectivity index (χ0v) is 11.9. The molecule has 0 amide bonds. The first kappa shape index (κ1) is 13.3. The van der Waals surface area contributed by atoms with Crippen molar-refractivity contribution in [2.24, 2.45) is 5.73 Å². The molecule has 20 heavy (non-hydrogen) atoms. The molecule has 0 aliphatic heterocycles. The fourth-order valence-corrected chi connectivity index (χ4v) is 3.02. The van der Waals surface area contributed by atoms with Crippen molar-refractivity contribution in [1.82, 2.24) is 10.1 Å². The van der Waals surface area contributed by atoms with Crippen LogP contribution in [0.5, 0.6) is 0 Å². The van der Waals surface area contributed by atoms with Crippen LogP contribution in [0.3, 0.4) is 0 Å². The Bertz CT molecular complexity index is 575. The minimum atomic E-state index is 0.176. The maximum Gasteiger partial charge on any atom is 0.231 e. The standard InChI is InChI=1S/C16H21N3O/c1-2-11(10-17)16-18-15(19-20-16)14-9-5-7-12-6-3-4-8-13(12)14/h3-4,6,8,11,14H,2,5,7,9-10,17H2,1H3. The molecular formula is C16H21N3O. The predicted molar refractivity (Wildman–Crippen MR) is 77.6 cm³/mol. The van der Waals surface area contributed by atoms with Crippen molar-refractivity contribution in [1.29, 1.82) is 0 Å². The lowest BCUT2D eigenvalue weighted by molar-refractivity contribution is 0.345. The van der Waals surface area contributed by atoms with Crippen LogP contribution in [-0.4, -0.2) is 16.7 Å². The van der Waals surface area contributed by atoms with Crippen LogP contribution in [0.1, 0.15) is 60.9 Å². The summed E-state index contributed by atoms with van der Waals surface area (Å²) in [4.78, 5) is 4.62. The summed E-state index contributed by atoms with van der Waals surface area (Å²) in [6, 6.07) is 8.59. The molecule has 0 fully saturated rings. The molecule has 1 aliphatic rings. The van der Waals surface area contributed by atoms with Gasteiger partial charge in [-0.3, -0.25) is 0 Å². The molecule has 1 aromatic heterocycles. The zero-order valence-electron chi connectivity index (χ0n) is 11.9. The molecule has 2 aromatic rings. The second-order valence-corrected chi connectivity index (χ2v) is 5.48. The van der Waals surface area contributed by atoms with Crippen molar-refractivity contribution >= 4 is 0 Å². The van der Waals surface area contributed by atoms with Gasteiger partial charge in [-0.05, 0) is 36.8 Å². The number of rotatable bonds is 4. The van der Waals surface area contributed by atoms with Crippen molar-refractivity contribution in [3.8, 4) is 0 Å². The molecule has 1 aromatic carbocycles. The SMILES string of the molecule is CCC(CN)c1nc(C2CCCc3ccccc32)no1. The summed E-state index contributed by atoms with van der Waals surface area (Å²) < 4.78 is 5.44. The summed E-state index contributed by atoms with van der Waals surface area (Å²) in [5, 5.41) is 4.21. The van der Waals surface area contributed by atoms with Crippen molar-refractivity contribution < 1.29 is 4.52 Å². The highest BCUT2D eigenvalue weighted by Gasteiger charge is 2.26. The lowest BCUT2D eigenvalue weighted by Crippen LogP contribution is -2.14. The monoisotopic (exact) mass is 271 g/mol. The first-order chi connectivity index (χ1) is 9.83. The van der Waals surface area contributed by atoms with Crippen LogP contribution in [0.15, 0.2) is 28.8 Å². The number of nitrogens with two attached hydrogens (primary N) is 1. The van der Waals surface area contributed by atoms with Gasteiger partial charge in [0.2, 0.25) is 5.89 Å². The molecule has 0 bridgehead atoms. The highest BCUT2D eigenvalue weighted by Crippen LogP contribution is 2.35. The lowest BCUT2D eigenvalue weighted by atomic mass is 9.82. The molecule has 1 heterocycles. The Morgan fingerprint density at radius 2 is 2.25 bits per heavy atom. The van der Waals surface area contributed by atoms with E-state index in [0.717, 1.165) is 25.1 Å². The summed E-state index contributed by atoms with van der Waals surface area (Å²) in [7, 11) is 0. The molecule has 1 aliphatic carbocycles. The Kier molecular flexibility index (Phi) is 3.83. The molecule has 2 unspecified atom stereocenters. The number of benzene rings is 1. The summed E-state index contributed by atoms with van der Waals surface area (Å²) in [6.45, 7) is 2.65. The van der Waals surface area contributed by atoms with E-state index in [1.165, 1.54) is 17.5 Å². The van der Waals surface area contributed by atoms with Gasteiger partial charge in [0.05, 0.1) is 5.92 Å². The van der Waals surface area contributed by atoms with Crippen LogP contribution in [0.4, 0.5) is 0 Å². The quantitative estimate of drug-likeness (QED) is 0.928. The second-order valence-electron chi connectivity index (χ2n) is 5.48. The Labute approximate surface area is 119 Å². The molecule has 4 heteroatoms. The van der Waals surface area contributed by atoms with Crippen molar-refractivity contribution in [3.05, 3.63) is 47.1 Å². The van der Waals surface area contributed by atoms with Gasteiger partial charge >= 0.3 is 0 Å². The molecule has 4 nitrogen and oxygen atoms in total. The van der Waals surface area contributed by atoms with Crippen LogP contribution in [0.25, 0.3) is 0 Å². The molecular weight excluding hydrogens is 250 g/mol. The van der Waals surface area contributed by atoms with Crippen LogP contribution in [0.2, 0.25) is 0 Å². The van der Waals surface area contributed by atoms with E-state index in [-0.39, 0.29) is 11.8 Å². The number of aryl methyl sites for hydroxylation is 1. The number of nitrogens with zero attached hydrogens (tertiary/aromatic N) is 2. The van der Waals surface area contributed by atoms with E-state index < -0.39 is 0 Å². The van der Waals surface area contributed by atoms with Crippen LogP contribution < -0.4 is 5.73 Å². The van der Waals surface area contributed by atoms with E-state index in [1.807, 2.05) is 0 Å². The van der Waals surface area contributed by atoms with Gasteiger partial charge in [-0.15, -0.1) is 0 Å². The fraction of sp³-hybridized carbons (Fsp3) is 0.500.